The fraction of sp³-hybridized carbons (Fsp3) is 0.417. The van der Waals surface area contributed by atoms with Gasteiger partial charge in [-0.15, -0.1) is 0 Å². The molecule has 0 aromatic heterocycles. The van der Waals surface area contributed by atoms with Gasteiger partial charge >= 0.3 is 0 Å². The van der Waals surface area contributed by atoms with Crippen LogP contribution >= 0.6 is 0 Å². The number of amides is 1. The molecule has 5 heteroatoms. The standard InChI is InChI=1S/C12H18N2O3/c1-3-11(12(15)14-13)17-10-7-5-6-9(8-10)16-4-2/h5-8,11H,3-4,13H2,1-2H3,(H,14,15). The molecule has 0 aliphatic carbocycles. The maximum Gasteiger partial charge on any atom is 0.274 e. The first kappa shape index (κ1) is 13.3. The van der Waals surface area contributed by atoms with Gasteiger partial charge in [0, 0.05) is 6.07 Å². The third-order valence-electron chi connectivity index (χ3n) is 2.20. The van der Waals surface area contributed by atoms with E-state index in [4.69, 9.17) is 15.3 Å². The molecule has 1 aromatic rings. The fourth-order valence-corrected chi connectivity index (χ4v) is 1.38. The molecule has 0 fully saturated rings. The van der Waals surface area contributed by atoms with E-state index in [0.29, 0.717) is 24.5 Å². The molecule has 0 aliphatic heterocycles. The second-order valence-electron chi connectivity index (χ2n) is 3.43. The molecule has 17 heavy (non-hydrogen) atoms. The van der Waals surface area contributed by atoms with Gasteiger partial charge in [-0.1, -0.05) is 13.0 Å². The van der Waals surface area contributed by atoms with Gasteiger partial charge in [0.1, 0.15) is 11.5 Å². The van der Waals surface area contributed by atoms with Crippen molar-refractivity contribution < 1.29 is 14.3 Å². The molecule has 0 saturated heterocycles. The van der Waals surface area contributed by atoms with Crippen LogP contribution < -0.4 is 20.7 Å². The Kier molecular flexibility index (Phi) is 5.29. The minimum absolute atomic E-state index is 0.339. The molecule has 5 nitrogen and oxygen atoms in total. The lowest BCUT2D eigenvalue weighted by Crippen LogP contribution is -2.41. The molecule has 1 rings (SSSR count). The average Bonchev–Trinajstić information content (AvgIpc) is 2.36. The summed E-state index contributed by atoms with van der Waals surface area (Å²) < 4.78 is 10.9. The molecule has 3 N–H and O–H groups in total. The summed E-state index contributed by atoms with van der Waals surface area (Å²) in [6, 6.07) is 7.17. The summed E-state index contributed by atoms with van der Waals surface area (Å²) in [5.41, 5.74) is 2.08. The van der Waals surface area contributed by atoms with Gasteiger partial charge in [-0.25, -0.2) is 5.84 Å². The van der Waals surface area contributed by atoms with Gasteiger partial charge in [-0.05, 0) is 25.5 Å². The molecule has 0 saturated carbocycles. The first-order valence-electron chi connectivity index (χ1n) is 5.61. The molecule has 0 spiro atoms. The van der Waals surface area contributed by atoms with E-state index in [2.05, 4.69) is 5.43 Å². The molecular formula is C12H18N2O3. The lowest BCUT2D eigenvalue weighted by atomic mass is 10.2. The fourth-order valence-electron chi connectivity index (χ4n) is 1.38. The number of hydrogen-bond donors (Lipinski definition) is 2. The van der Waals surface area contributed by atoms with Crippen LogP contribution in [0.25, 0.3) is 0 Å². The third kappa shape index (κ3) is 3.96. The zero-order chi connectivity index (χ0) is 12.7. The van der Waals surface area contributed by atoms with Crippen molar-refractivity contribution in [1.82, 2.24) is 5.43 Å². The van der Waals surface area contributed by atoms with E-state index in [-0.39, 0.29) is 5.91 Å². The Morgan fingerprint density at radius 1 is 1.41 bits per heavy atom. The van der Waals surface area contributed by atoms with Gasteiger partial charge in [0.05, 0.1) is 6.61 Å². The van der Waals surface area contributed by atoms with Gasteiger partial charge in [-0.2, -0.15) is 0 Å². The summed E-state index contributed by atoms with van der Waals surface area (Å²) in [5, 5.41) is 0. The van der Waals surface area contributed by atoms with Gasteiger partial charge in [0.2, 0.25) is 0 Å². The van der Waals surface area contributed by atoms with Crippen LogP contribution in [0.4, 0.5) is 0 Å². The van der Waals surface area contributed by atoms with Gasteiger partial charge in [0.25, 0.3) is 5.91 Å². The Bertz CT molecular complexity index is 369. The largest absolute Gasteiger partial charge is 0.494 e. The van der Waals surface area contributed by atoms with Crippen molar-refractivity contribution in [2.45, 2.75) is 26.4 Å². The quantitative estimate of drug-likeness (QED) is 0.444. The number of benzene rings is 1. The zero-order valence-electron chi connectivity index (χ0n) is 10.1. The molecule has 0 radical (unpaired) electrons. The Balaban J connectivity index is 2.72. The van der Waals surface area contributed by atoms with Gasteiger partial charge in [0.15, 0.2) is 6.10 Å². The average molecular weight is 238 g/mol. The predicted octanol–water partition coefficient (Wildman–Crippen LogP) is 1.23. The minimum atomic E-state index is -0.586. The Morgan fingerprint density at radius 3 is 2.71 bits per heavy atom. The molecule has 1 unspecified atom stereocenters. The predicted molar refractivity (Wildman–Crippen MR) is 64.6 cm³/mol. The molecule has 94 valence electrons. The second kappa shape index (κ2) is 6.75. The minimum Gasteiger partial charge on any atom is -0.494 e. The Labute approximate surface area is 101 Å². The summed E-state index contributed by atoms with van der Waals surface area (Å²) in [7, 11) is 0. The third-order valence-corrected chi connectivity index (χ3v) is 2.20. The molecule has 0 heterocycles. The van der Waals surface area contributed by atoms with E-state index in [1.54, 1.807) is 12.1 Å². The molecular weight excluding hydrogens is 220 g/mol. The summed E-state index contributed by atoms with van der Waals surface area (Å²) in [5.74, 6) is 6.04. The van der Waals surface area contributed by atoms with Crippen LogP contribution in [0.15, 0.2) is 24.3 Å². The van der Waals surface area contributed by atoms with Crippen molar-refractivity contribution in [3.05, 3.63) is 24.3 Å². The molecule has 1 aromatic carbocycles. The molecule has 0 bridgehead atoms. The van der Waals surface area contributed by atoms with E-state index in [1.165, 1.54) is 0 Å². The van der Waals surface area contributed by atoms with Crippen LogP contribution in [0.1, 0.15) is 20.3 Å². The second-order valence-corrected chi connectivity index (χ2v) is 3.43. The maximum atomic E-state index is 11.4. The van der Waals surface area contributed by atoms with E-state index >= 15 is 0 Å². The number of ether oxygens (including phenoxy) is 2. The summed E-state index contributed by atoms with van der Waals surface area (Å²) >= 11 is 0. The number of hydrogen-bond acceptors (Lipinski definition) is 4. The highest BCUT2D eigenvalue weighted by Crippen LogP contribution is 2.21. The van der Waals surface area contributed by atoms with E-state index < -0.39 is 6.10 Å². The SMILES string of the molecule is CCOc1cccc(OC(CC)C(=O)NN)c1. The van der Waals surface area contributed by atoms with Crippen molar-refractivity contribution in [1.29, 1.82) is 0 Å². The van der Waals surface area contributed by atoms with E-state index in [9.17, 15) is 4.79 Å². The first-order valence-corrected chi connectivity index (χ1v) is 5.61. The number of rotatable bonds is 6. The lowest BCUT2D eigenvalue weighted by Gasteiger charge is -2.16. The van der Waals surface area contributed by atoms with Crippen LogP contribution in [0.3, 0.4) is 0 Å². The summed E-state index contributed by atoms with van der Waals surface area (Å²) in [6.07, 6.45) is -0.0427. The molecule has 0 aliphatic rings. The van der Waals surface area contributed by atoms with Crippen molar-refractivity contribution in [3.8, 4) is 11.5 Å². The number of hydrazine groups is 1. The molecule has 1 amide bonds. The van der Waals surface area contributed by atoms with Crippen molar-refractivity contribution in [2.75, 3.05) is 6.61 Å². The van der Waals surface area contributed by atoms with Crippen LogP contribution in [0, 0.1) is 0 Å². The highest BCUT2D eigenvalue weighted by Gasteiger charge is 2.17. The van der Waals surface area contributed by atoms with E-state index in [1.807, 2.05) is 26.0 Å². The van der Waals surface area contributed by atoms with Crippen LogP contribution in [-0.4, -0.2) is 18.6 Å². The highest BCUT2D eigenvalue weighted by molar-refractivity contribution is 5.80. The number of carbonyl (C=O) groups excluding carboxylic acids is 1. The molecule has 1 atom stereocenters. The highest BCUT2D eigenvalue weighted by atomic mass is 16.5. The zero-order valence-corrected chi connectivity index (χ0v) is 10.1. The number of nitrogens with two attached hydrogens (primary N) is 1. The summed E-state index contributed by atoms with van der Waals surface area (Å²) in [6.45, 7) is 4.35. The summed E-state index contributed by atoms with van der Waals surface area (Å²) in [4.78, 5) is 11.4. The van der Waals surface area contributed by atoms with Crippen LogP contribution in [0.2, 0.25) is 0 Å². The smallest absolute Gasteiger partial charge is 0.274 e. The van der Waals surface area contributed by atoms with Crippen LogP contribution in [0.5, 0.6) is 11.5 Å². The van der Waals surface area contributed by atoms with Crippen LogP contribution in [-0.2, 0) is 4.79 Å². The van der Waals surface area contributed by atoms with Gasteiger partial charge < -0.3 is 9.47 Å². The monoisotopic (exact) mass is 238 g/mol. The van der Waals surface area contributed by atoms with E-state index in [0.717, 1.165) is 0 Å². The lowest BCUT2D eigenvalue weighted by molar-refractivity contribution is -0.128. The van der Waals surface area contributed by atoms with Crippen molar-refractivity contribution >= 4 is 5.91 Å². The Hall–Kier alpha value is -1.75. The normalized spacial score (nSPS) is 11.7. The van der Waals surface area contributed by atoms with Crippen molar-refractivity contribution in [3.63, 3.8) is 0 Å². The maximum absolute atomic E-state index is 11.4. The number of nitrogens with one attached hydrogen (secondary N) is 1. The Morgan fingerprint density at radius 2 is 2.12 bits per heavy atom. The van der Waals surface area contributed by atoms with Gasteiger partial charge in [-0.3, -0.25) is 10.2 Å². The number of carbonyl (C=O) groups is 1. The first-order chi connectivity index (χ1) is 8.21. The van der Waals surface area contributed by atoms with Crippen molar-refractivity contribution in [2.24, 2.45) is 5.84 Å². The topological polar surface area (TPSA) is 73.6 Å².